The minimum Gasteiger partial charge on any atom is -0.349 e. The van der Waals surface area contributed by atoms with Gasteiger partial charge in [-0.15, -0.1) is 0 Å². The highest BCUT2D eigenvalue weighted by Gasteiger charge is 2.21. The van der Waals surface area contributed by atoms with E-state index >= 15 is 0 Å². The van der Waals surface area contributed by atoms with E-state index in [-0.39, 0.29) is 11.9 Å². The molecule has 2 heterocycles. The molecule has 2 saturated heterocycles. The summed E-state index contributed by atoms with van der Waals surface area (Å²) >= 11 is 0. The van der Waals surface area contributed by atoms with Gasteiger partial charge in [-0.25, -0.2) is 0 Å². The Balaban J connectivity index is 1.21. The summed E-state index contributed by atoms with van der Waals surface area (Å²) in [6.07, 6.45) is 5.73. The van der Waals surface area contributed by atoms with Crippen molar-refractivity contribution in [1.29, 1.82) is 0 Å². The van der Waals surface area contributed by atoms with E-state index in [1.54, 1.807) is 0 Å². The van der Waals surface area contributed by atoms with Crippen molar-refractivity contribution in [2.75, 3.05) is 33.2 Å². The molecular formula is C26H35N3O. The lowest BCUT2D eigenvalue weighted by Gasteiger charge is -2.32. The Morgan fingerprint density at radius 1 is 0.867 bits per heavy atom. The number of amides is 1. The van der Waals surface area contributed by atoms with E-state index in [1.807, 2.05) is 12.1 Å². The Morgan fingerprint density at radius 2 is 1.53 bits per heavy atom. The first-order chi connectivity index (χ1) is 14.7. The molecule has 4 nitrogen and oxygen atoms in total. The number of piperidine rings is 2. The molecule has 2 aromatic carbocycles. The van der Waals surface area contributed by atoms with Crippen LogP contribution in [0.25, 0.3) is 0 Å². The van der Waals surface area contributed by atoms with Gasteiger partial charge in [-0.1, -0.05) is 42.5 Å². The van der Waals surface area contributed by atoms with Gasteiger partial charge < -0.3 is 10.2 Å². The number of rotatable bonds is 6. The summed E-state index contributed by atoms with van der Waals surface area (Å²) in [5.41, 5.74) is 3.50. The van der Waals surface area contributed by atoms with E-state index in [4.69, 9.17) is 0 Å². The largest absolute Gasteiger partial charge is 0.349 e. The Hall–Kier alpha value is -2.17. The predicted octanol–water partition coefficient (Wildman–Crippen LogP) is 3.97. The Labute approximate surface area is 181 Å². The normalized spacial score (nSPS) is 19.6. The fourth-order valence-corrected chi connectivity index (χ4v) is 4.74. The minimum atomic E-state index is 0.0716. The second-order valence-corrected chi connectivity index (χ2v) is 9.16. The van der Waals surface area contributed by atoms with Gasteiger partial charge in [0.25, 0.3) is 5.91 Å². The third-order valence-corrected chi connectivity index (χ3v) is 6.75. The summed E-state index contributed by atoms with van der Waals surface area (Å²) in [7, 11) is 2.21. The van der Waals surface area contributed by atoms with Crippen LogP contribution in [-0.2, 0) is 13.0 Å². The van der Waals surface area contributed by atoms with Crippen molar-refractivity contribution in [3.63, 3.8) is 0 Å². The summed E-state index contributed by atoms with van der Waals surface area (Å²) in [4.78, 5) is 17.6. The van der Waals surface area contributed by atoms with Crippen LogP contribution in [0.15, 0.2) is 54.6 Å². The Bertz CT molecular complexity index is 789. The molecule has 30 heavy (non-hydrogen) atoms. The summed E-state index contributed by atoms with van der Waals surface area (Å²) in [5.74, 6) is 0.851. The Morgan fingerprint density at radius 3 is 2.20 bits per heavy atom. The highest BCUT2D eigenvalue weighted by molar-refractivity contribution is 5.94. The SMILES string of the molecule is CN1CCC(Cc2ccc(C(=O)NC3CCN(Cc4ccccc4)CC3)cc2)CC1. The van der Waals surface area contributed by atoms with E-state index in [9.17, 15) is 4.79 Å². The number of nitrogens with one attached hydrogen (secondary N) is 1. The van der Waals surface area contributed by atoms with E-state index in [0.29, 0.717) is 0 Å². The first kappa shape index (κ1) is 21.1. The van der Waals surface area contributed by atoms with Crippen molar-refractivity contribution in [1.82, 2.24) is 15.1 Å². The van der Waals surface area contributed by atoms with E-state index in [2.05, 4.69) is 64.6 Å². The fourth-order valence-electron chi connectivity index (χ4n) is 4.74. The van der Waals surface area contributed by atoms with Gasteiger partial charge in [0, 0.05) is 31.2 Å². The quantitative estimate of drug-likeness (QED) is 0.790. The maximum Gasteiger partial charge on any atom is 0.251 e. The van der Waals surface area contributed by atoms with E-state index < -0.39 is 0 Å². The van der Waals surface area contributed by atoms with Crippen LogP contribution in [0.3, 0.4) is 0 Å². The topological polar surface area (TPSA) is 35.6 Å². The van der Waals surface area contributed by atoms with Crippen LogP contribution in [0.1, 0.15) is 47.2 Å². The van der Waals surface area contributed by atoms with Crippen LogP contribution < -0.4 is 5.32 Å². The number of likely N-dealkylation sites (tertiary alicyclic amines) is 2. The van der Waals surface area contributed by atoms with Crippen molar-refractivity contribution in [3.8, 4) is 0 Å². The lowest BCUT2D eigenvalue weighted by molar-refractivity contribution is 0.0909. The Kier molecular flexibility index (Phi) is 7.19. The number of carbonyl (C=O) groups is 1. The number of benzene rings is 2. The molecule has 0 bridgehead atoms. The zero-order chi connectivity index (χ0) is 20.8. The molecule has 0 atom stereocenters. The zero-order valence-electron chi connectivity index (χ0n) is 18.2. The second-order valence-electron chi connectivity index (χ2n) is 9.16. The van der Waals surface area contributed by atoms with Crippen LogP contribution in [0.2, 0.25) is 0 Å². The monoisotopic (exact) mass is 405 g/mol. The molecule has 1 amide bonds. The van der Waals surface area contributed by atoms with Crippen molar-refractivity contribution in [2.45, 2.75) is 44.7 Å². The lowest BCUT2D eigenvalue weighted by Crippen LogP contribution is -2.44. The lowest BCUT2D eigenvalue weighted by atomic mass is 9.90. The third kappa shape index (κ3) is 5.93. The van der Waals surface area contributed by atoms with Crippen molar-refractivity contribution in [3.05, 3.63) is 71.3 Å². The van der Waals surface area contributed by atoms with Crippen molar-refractivity contribution < 1.29 is 4.79 Å². The summed E-state index contributed by atoms with van der Waals surface area (Å²) in [6, 6.07) is 19.2. The van der Waals surface area contributed by atoms with Crippen LogP contribution >= 0.6 is 0 Å². The molecule has 2 aromatic rings. The molecule has 2 aliphatic rings. The third-order valence-electron chi connectivity index (χ3n) is 6.75. The van der Waals surface area contributed by atoms with Gasteiger partial charge in [0.1, 0.15) is 0 Å². The summed E-state index contributed by atoms with van der Waals surface area (Å²) in [6.45, 7) is 5.48. The van der Waals surface area contributed by atoms with Gasteiger partial charge in [0.05, 0.1) is 0 Å². The van der Waals surface area contributed by atoms with Crippen molar-refractivity contribution >= 4 is 5.91 Å². The zero-order valence-corrected chi connectivity index (χ0v) is 18.2. The molecule has 1 N–H and O–H groups in total. The molecule has 2 fully saturated rings. The summed E-state index contributed by atoms with van der Waals surface area (Å²) < 4.78 is 0. The molecule has 0 saturated carbocycles. The van der Waals surface area contributed by atoms with Gasteiger partial charge in [-0.05, 0) is 81.4 Å². The van der Waals surface area contributed by atoms with Crippen LogP contribution in [0, 0.1) is 5.92 Å². The molecule has 0 radical (unpaired) electrons. The predicted molar refractivity (Wildman–Crippen MR) is 123 cm³/mol. The van der Waals surface area contributed by atoms with Gasteiger partial charge in [0.15, 0.2) is 0 Å². The molecule has 0 unspecified atom stereocenters. The van der Waals surface area contributed by atoms with Crippen LogP contribution in [0.4, 0.5) is 0 Å². The maximum absolute atomic E-state index is 12.7. The van der Waals surface area contributed by atoms with Gasteiger partial charge in [-0.3, -0.25) is 9.69 Å². The van der Waals surface area contributed by atoms with Gasteiger partial charge in [0.2, 0.25) is 0 Å². The van der Waals surface area contributed by atoms with E-state index in [1.165, 1.54) is 37.1 Å². The van der Waals surface area contributed by atoms with Crippen molar-refractivity contribution in [2.24, 2.45) is 5.92 Å². The molecule has 4 heteroatoms. The van der Waals surface area contributed by atoms with Gasteiger partial charge in [-0.2, -0.15) is 0 Å². The standard InChI is InChI=1S/C26H35N3O/c1-28-15-11-22(12-16-28)19-21-7-9-24(10-8-21)26(30)27-25-13-17-29(18-14-25)20-23-5-3-2-4-6-23/h2-10,22,25H,11-20H2,1H3,(H,27,30). The smallest absolute Gasteiger partial charge is 0.251 e. The molecule has 2 aliphatic heterocycles. The molecule has 0 spiro atoms. The van der Waals surface area contributed by atoms with Gasteiger partial charge >= 0.3 is 0 Å². The highest BCUT2D eigenvalue weighted by atomic mass is 16.1. The number of hydrogen-bond acceptors (Lipinski definition) is 3. The molecule has 0 aromatic heterocycles. The molecule has 0 aliphatic carbocycles. The molecule has 4 rings (SSSR count). The minimum absolute atomic E-state index is 0.0716. The summed E-state index contributed by atoms with van der Waals surface area (Å²) in [5, 5.41) is 3.25. The number of hydrogen-bond donors (Lipinski definition) is 1. The van der Waals surface area contributed by atoms with Crippen LogP contribution in [-0.4, -0.2) is 55.0 Å². The number of carbonyl (C=O) groups excluding carboxylic acids is 1. The first-order valence-electron chi connectivity index (χ1n) is 11.5. The fraction of sp³-hybridized carbons (Fsp3) is 0.500. The second kappa shape index (κ2) is 10.2. The van der Waals surface area contributed by atoms with Crippen LogP contribution in [0.5, 0.6) is 0 Å². The average Bonchev–Trinajstić information content (AvgIpc) is 2.78. The molecular weight excluding hydrogens is 370 g/mol. The average molecular weight is 406 g/mol. The number of nitrogens with zero attached hydrogens (tertiary/aromatic N) is 2. The van der Waals surface area contributed by atoms with E-state index in [0.717, 1.165) is 50.4 Å². The first-order valence-corrected chi connectivity index (χ1v) is 11.5. The highest BCUT2D eigenvalue weighted by Crippen LogP contribution is 2.21. The maximum atomic E-state index is 12.7. The molecule has 160 valence electrons.